The Hall–Kier alpha value is -1.75. The van der Waals surface area contributed by atoms with E-state index in [0.717, 1.165) is 31.2 Å². The molecule has 0 aliphatic heterocycles. The van der Waals surface area contributed by atoms with Gasteiger partial charge < -0.3 is 16.8 Å². The van der Waals surface area contributed by atoms with Gasteiger partial charge in [0.15, 0.2) is 0 Å². The summed E-state index contributed by atoms with van der Waals surface area (Å²) in [5.74, 6) is -0.241. The maximum Gasteiger partial charge on any atom is 0.224 e. The van der Waals surface area contributed by atoms with Crippen LogP contribution in [0.15, 0.2) is 24.3 Å². The van der Waals surface area contributed by atoms with Crippen LogP contribution >= 0.6 is 12.4 Å². The van der Waals surface area contributed by atoms with Crippen molar-refractivity contribution in [1.82, 2.24) is 5.32 Å². The summed E-state index contributed by atoms with van der Waals surface area (Å²) in [6, 6.07) is 7.46. The monoisotopic (exact) mass is 311 g/mol. The van der Waals surface area contributed by atoms with Crippen LogP contribution in [-0.4, -0.2) is 17.9 Å². The molecule has 21 heavy (non-hydrogen) atoms. The van der Waals surface area contributed by atoms with E-state index in [2.05, 4.69) is 5.32 Å². The number of nitrogen functional groups attached to an aromatic ring is 1. The van der Waals surface area contributed by atoms with Gasteiger partial charge in [0.25, 0.3) is 0 Å². The molecule has 0 heterocycles. The van der Waals surface area contributed by atoms with Crippen LogP contribution in [0.5, 0.6) is 0 Å². The molecule has 1 saturated carbocycles. The predicted molar refractivity (Wildman–Crippen MR) is 84.9 cm³/mol. The van der Waals surface area contributed by atoms with Crippen molar-refractivity contribution in [2.24, 2.45) is 11.7 Å². The first kappa shape index (κ1) is 17.3. The third kappa shape index (κ3) is 5.27. The Kier molecular flexibility index (Phi) is 6.49. The molecule has 116 valence electrons. The lowest BCUT2D eigenvalue weighted by atomic mass is 9.85. The third-order valence-electron chi connectivity index (χ3n) is 3.84. The number of hydrogen-bond donors (Lipinski definition) is 3. The largest absolute Gasteiger partial charge is 0.399 e. The van der Waals surface area contributed by atoms with Crippen molar-refractivity contribution in [1.29, 1.82) is 0 Å². The van der Waals surface area contributed by atoms with Crippen LogP contribution in [0, 0.1) is 5.92 Å². The Labute approximate surface area is 130 Å². The van der Waals surface area contributed by atoms with Gasteiger partial charge in [0, 0.05) is 17.6 Å². The predicted octanol–water partition coefficient (Wildman–Crippen LogP) is 1.39. The quantitative estimate of drug-likeness (QED) is 0.733. The average Bonchev–Trinajstić information content (AvgIpc) is 2.42. The van der Waals surface area contributed by atoms with Gasteiger partial charge >= 0.3 is 0 Å². The standard InChI is InChI=1S/C15H21N3O2.ClH/c16-12-5-1-10(2-6-12)9-14(19)18-13-7-3-11(4-8-13)15(17)20;/h1-2,5-6,11,13H,3-4,7-9,16H2,(H2,17,20)(H,18,19);1H. The van der Waals surface area contributed by atoms with Crippen molar-refractivity contribution in [2.45, 2.75) is 38.1 Å². The van der Waals surface area contributed by atoms with Gasteiger partial charge in [-0.1, -0.05) is 12.1 Å². The lowest BCUT2D eigenvalue weighted by molar-refractivity contribution is -0.123. The third-order valence-corrected chi connectivity index (χ3v) is 3.84. The van der Waals surface area contributed by atoms with Crippen molar-refractivity contribution in [3.63, 3.8) is 0 Å². The van der Waals surface area contributed by atoms with E-state index in [-0.39, 0.29) is 36.2 Å². The molecule has 0 aromatic heterocycles. The van der Waals surface area contributed by atoms with Crippen molar-refractivity contribution < 1.29 is 9.59 Å². The summed E-state index contributed by atoms with van der Waals surface area (Å²) in [6.45, 7) is 0. The van der Waals surface area contributed by atoms with Gasteiger partial charge in [0.2, 0.25) is 11.8 Å². The van der Waals surface area contributed by atoms with Crippen LogP contribution in [-0.2, 0) is 16.0 Å². The highest BCUT2D eigenvalue weighted by atomic mass is 35.5. The average molecular weight is 312 g/mol. The molecule has 0 saturated heterocycles. The Bertz CT molecular complexity index is 482. The molecule has 2 rings (SSSR count). The second-order valence-corrected chi connectivity index (χ2v) is 5.44. The minimum Gasteiger partial charge on any atom is -0.399 e. The summed E-state index contributed by atoms with van der Waals surface area (Å²) >= 11 is 0. The molecular formula is C15H22ClN3O2. The van der Waals surface area contributed by atoms with Gasteiger partial charge in [0.05, 0.1) is 6.42 Å². The van der Waals surface area contributed by atoms with E-state index in [1.54, 1.807) is 12.1 Å². The number of hydrogen-bond acceptors (Lipinski definition) is 3. The summed E-state index contributed by atoms with van der Waals surface area (Å²) in [7, 11) is 0. The fourth-order valence-electron chi connectivity index (χ4n) is 2.62. The minimum absolute atomic E-state index is 0. The molecule has 1 aliphatic rings. The normalized spacial score (nSPS) is 21.1. The zero-order valence-corrected chi connectivity index (χ0v) is 12.7. The first-order valence-corrected chi connectivity index (χ1v) is 6.97. The molecule has 5 nitrogen and oxygen atoms in total. The van der Waals surface area contributed by atoms with Gasteiger partial charge in [-0.2, -0.15) is 0 Å². The molecule has 1 aromatic rings. The van der Waals surface area contributed by atoms with Crippen LogP contribution in [0.2, 0.25) is 0 Å². The Morgan fingerprint density at radius 2 is 1.67 bits per heavy atom. The number of anilines is 1. The van der Waals surface area contributed by atoms with Crippen LogP contribution in [0.4, 0.5) is 5.69 Å². The molecule has 6 heteroatoms. The van der Waals surface area contributed by atoms with Crippen LogP contribution < -0.4 is 16.8 Å². The van der Waals surface area contributed by atoms with Crippen molar-refractivity contribution >= 4 is 29.9 Å². The summed E-state index contributed by atoms with van der Waals surface area (Å²) in [4.78, 5) is 23.0. The number of amides is 2. The number of carbonyl (C=O) groups is 2. The van der Waals surface area contributed by atoms with E-state index in [1.807, 2.05) is 12.1 Å². The number of halogens is 1. The first-order chi connectivity index (χ1) is 9.54. The van der Waals surface area contributed by atoms with Gasteiger partial charge in [-0.3, -0.25) is 9.59 Å². The van der Waals surface area contributed by atoms with Gasteiger partial charge in [0.1, 0.15) is 0 Å². The van der Waals surface area contributed by atoms with Gasteiger partial charge in [-0.25, -0.2) is 0 Å². The zero-order valence-electron chi connectivity index (χ0n) is 11.9. The van der Waals surface area contributed by atoms with E-state index in [4.69, 9.17) is 11.5 Å². The molecule has 5 N–H and O–H groups in total. The van der Waals surface area contributed by atoms with Gasteiger partial charge in [-0.05, 0) is 43.4 Å². The Morgan fingerprint density at radius 1 is 1.10 bits per heavy atom. The Balaban J connectivity index is 0.00000220. The molecule has 2 amide bonds. The zero-order chi connectivity index (χ0) is 14.5. The second kappa shape index (κ2) is 7.88. The maximum atomic E-state index is 11.9. The van der Waals surface area contributed by atoms with E-state index in [0.29, 0.717) is 12.1 Å². The number of rotatable bonds is 4. The molecule has 0 atom stereocenters. The maximum absolute atomic E-state index is 11.9. The van der Waals surface area contributed by atoms with E-state index in [1.165, 1.54) is 0 Å². The lowest BCUT2D eigenvalue weighted by Gasteiger charge is -2.27. The number of nitrogens with two attached hydrogens (primary N) is 2. The minimum atomic E-state index is -0.225. The van der Waals surface area contributed by atoms with E-state index >= 15 is 0 Å². The van der Waals surface area contributed by atoms with Crippen molar-refractivity contribution in [3.05, 3.63) is 29.8 Å². The second-order valence-electron chi connectivity index (χ2n) is 5.44. The Morgan fingerprint density at radius 3 is 2.19 bits per heavy atom. The van der Waals surface area contributed by atoms with Crippen LogP contribution in [0.25, 0.3) is 0 Å². The molecule has 0 radical (unpaired) electrons. The molecule has 1 fully saturated rings. The molecule has 0 spiro atoms. The SMILES string of the molecule is Cl.NC(=O)C1CCC(NC(=O)Cc2ccc(N)cc2)CC1. The number of nitrogens with one attached hydrogen (secondary N) is 1. The fourth-order valence-corrected chi connectivity index (χ4v) is 2.62. The number of benzene rings is 1. The summed E-state index contributed by atoms with van der Waals surface area (Å²) in [6.07, 6.45) is 3.53. The molecule has 0 bridgehead atoms. The van der Waals surface area contributed by atoms with Crippen LogP contribution in [0.1, 0.15) is 31.2 Å². The molecule has 0 unspecified atom stereocenters. The molecule has 1 aromatic carbocycles. The topological polar surface area (TPSA) is 98.2 Å². The summed E-state index contributed by atoms with van der Waals surface area (Å²) < 4.78 is 0. The number of carbonyl (C=O) groups excluding carboxylic acids is 2. The molecule has 1 aliphatic carbocycles. The lowest BCUT2D eigenvalue weighted by Crippen LogP contribution is -2.40. The highest BCUT2D eigenvalue weighted by molar-refractivity contribution is 5.85. The molecular weight excluding hydrogens is 290 g/mol. The van der Waals surface area contributed by atoms with Crippen molar-refractivity contribution in [3.8, 4) is 0 Å². The van der Waals surface area contributed by atoms with Crippen LogP contribution in [0.3, 0.4) is 0 Å². The highest BCUT2D eigenvalue weighted by Crippen LogP contribution is 2.23. The van der Waals surface area contributed by atoms with E-state index < -0.39 is 0 Å². The van der Waals surface area contributed by atoms with E-state index in [9.17, 15) is 9.59 Å². The number of primary amides is 1. The highest BCUT2D eigenvalue weighted by Gasteiger charge is 2.25. The fraction of sp³-hybridized carbons (Fsp3) is 0.467. The van der Waals surface area contributed by atoms with Crippen molar-refractivity contribution in [2.75, 3.05) is 5.73 Å². The summed E-state index contributed by atoms with van der Waals surface area (Å²) in [5.41, 5.74) is 12.5. The first-order valence-electron chi connectivity index (χ1n) is 6.97. The summed E-state index contributed by atoms with van der Waals surface area (Å²) in [5, 5.41) is 3.02. The van der Waals surface area contributed by atoms with Gasteiger partial charge in [-0.15, -0.1) is 12.4 Å². The smallest absolute Gasteiger partial charge is 0.224 e.